The topological polar surface area (TPSA) is 52.6 Å². The molecule has 0 atom stereocenters. The van der Waals surface area contributed by atoms with Gasteiger partial charge in [-0.2, -0.15) is 0 Å². The summed E-state index contributed by atoms with van der Waals surface area (Å²) in [7, 11) is 0. The molecule has 0 aromatic carbocycles. The minimum absolute atomic E-state index is 0.144. The van der Waals surface area contributed by atoms with Crippen LogP contribution in [-0.4, -0.2) is 47.7 Å². The summed E-state index contributed by atoms with van der Waals surface area (Å²) in [6, 6.07) is 0.688. The predicted molar refractivity (Wildman–Crippen MR) is 70.9 cm³/mol. The average molecular weight is 244 g/mol. The van der Waals surface area contributed by atoms with Crippen LogP contribution in [0.2, 0.25) is 0 Å². The van der Waals surface area contributed by atoms with Crippen molar-refractivity contribution in [1.82, 2.24) is 10.2 Å². The number of carbonyl (C=O) groups is 1. The molecule has 0 heterocycles. The van der Waals surface area contributed by atoms with Gasteiger partial charge in [-0.05, 0) is 33.2 Å². The van der Waals surface area contributed by atoms with Crippen LogP contribution in [0.4, 0.5) is 0 Å². The van der Waals surface area contributed by atoms with Crippen molar-refractivity contribution in [3.8, 4) is 0 Å². The molecule has 0 aromatic heterocycles. The first-order chi connectivity index (χ1) is 7.99. The average Bonchev–Trinajstić information content (AvgIpc) is 2.24. The number of nitrogens with zero attached hydrogens (tertiary/aromatic N) is 1. The Kier molecular flexibility index (Phi) is 9.09. The quantitative estimate of drug-likeness (QED) is 0.603. The molecule has 1 amide bonds. The van der Waals surface area contributed by atoms with E-state index in [0.717, 1.165) is 13.0 Å². The lowest BCUT2D eigenvalue weighted by molar-refractivity contribution is -0.133. The molecule has 4 heteroatoms. The fraction of sp³-hybridized carbons (Fsp3) is 0.923. The Bertz CT molecular complexity index is 206. The zero-order chi connectivity index (χ0) is 13.3. The van der Waals surface area contributed by atoms with E-state index in [9.17, 15) is 4.79 Å². The minimum Gasteiger partial charge on any atom is -0.396 e. The second-order valence-electron chi connectivity index (χ2n) is 4.97. The van der Waals surface area contributed by atoms with Gasteiger partial charge in [0.25, 0.3) is 0 Å². The molecule has 17 heavy (non-hydrogen) atoms. The number of carbonyl (C=O) groups excluding carboxylic acids is 1. The third kappa shape index (κ3) is 8.16. The molecular weight excluding hydrogens is 216 g/mol. The fourth-order valence-electron chi connectivity index (χ4n) is 1.69. The lowest BCUT2D eigenvalue weighted by Crippen LogP contribution is -2.38. The van der Waals surface area contributed by atoms with Crippen molar-refractivity contribution in [3.05, 3.63) is 0 Å². The minimum atomic E-state index is 0.144. The van der Waals surface area contributed by atoms with E-state index in [1.54, 1.807) is 0 Å². The summed E-state index contributed by atoms with van der Waals surface area (Å²) in [6.07, 6.45) is 2.12. The number of hydrogen-bond donors (Lipinski definition) is 2. The number of nitrogens with one attached hydrogen (secondary N) is 1. The number of aliphatic hydroxyl groups excluding tert-OH is 1. The van der Waals surface area contributed by atoms with Gasteiger partial charge in [-0.15, -0.1) is 0 Å². The molecule has 0 saturated carbocycles. The standard InChI is InChI=1S/C13H28N2O2/c1-11(2)14-8-5-7-13(17)15(12(3)4)9-6-10-16/h11-12,14,16H,5-10H2,1-4H3. The Morgan fingerprint density at radius 2 is 1.88 bits per heavy atom. The molecule has 102 valence electrons. The molecular formula is C13H28N2O2. The third-order valence-corrected chi connectivity index (χ3v) is 2.62. The van der Waals surface area contributed by atoms with E-state index in [4.69, 9.17) is 5.11 Å². The maximum Gasteiger partial charge on any atom is 0.222 e. The molecule has 0 spiro atoms. The predicted octanol–water partition coefficient (Wildman–Crippen LogP) is 1.38. The summed E-state index contributed by atoms with van der Waals surface area (Å²) in [5.74, 6) is 0.194. The van der Waals surface area contributed by atoms with E-state index in [-0.39, 0.29) is 18.6 Å². The molecule has 0 bridgehead atoms. The number of aliphatic hydroxyl groups is 1. The highest BCUT2D eigenvalue weighted by molar-refractivity contribution is 5.76. The van der Waals surface area contributed by atoms with Gasteiger partial charge in [0.15, 0.2) is 0 Å². The van der Waals surface area contributed by atoms with Crippen molar-refractivity contribution in [1.29, 1.82) is 0 Å². The van der Waals surface area contributed by atoms with Crippen LogP contribution in [0.5, 0.6) is 0 Å². The van der Waals surface area contributed by atoms with E-state index < -0.39 is 0 Å². The van der Waals surface area contributed by atoms with Gasteiger partial charge < -0.3 is 15.3 Å². The van der Waals surface area contributed by atoms with Crippen LogP contribution < -0.4 is 5.32 Å². The first kappa shape index (κ1) is 16.4. The summed E-state index contributed by atoms with van der Waals surface area (Å²) in [5.41, 5.74) is 0. The van der Waals surface area contributed by atoms with Crippen LogP contribution in [0, 0.1) is 0 Å². The van der Waals surface area contributed by atoms with E-state index in [0.29, 0.717) is 25.4 Å². The van der Waals surface area contributed by atoms with Crippen molar-refractivity contribution in [2.24, 2.45) is 0 Å². The van der Waals surface area contributed by atoms with Crippen molar-refractivity contribution >= 4 is 5.91 Å². The highest BCUT2D eigenvalue weighted by Gasteiger charge is 2.15. The summed E-state index contributed by atoms with van der Waals surface area (Å²) in [5, 5.41) is 12.1. The van der Waals surface area contributed by atoms with Gasteiger partial charge in [-0.3, -0.25) is 4.79 Å². The molecule has 0 rings (SSSR count). The van der Waals surface area contributed by atoms with E-state index in [1.165, 1.54) is 0 Å². The normalized spacial score (nSPS) is 11.2. The van der Waals surface area contributed by atoms with Gasteiger partial charge in [0.2, 0.25) is 5.91 Å². The Morgan fingerprint density at radius 3 is 2.35 bits per heavy atom. The highest BCUT2D eigenvalue weighted by atomic mass is 16.3. The van der Waals surface area contributed by atoms with Gasteiger partial charge in [0, 0.05) is 31.7 Å². The van der Waals surface area contributed by atoms with Gasteiger partial charge in [-0.25, -0.2) is 0 Å². The molecule has 0 unspecified atom stereocenters. The molecule has 0 fully saturated rings. The van der Waals surface area contributed by atoms with E-state index >= 15 is 0 Å². The second kappa shape index (κ2) is 9.42. The fourth-order valence-corrected chi connectivity index (χ4v) is 1.69. The number of amides is 1. The number of rotatable bonds is 9. The van der Waals surface area contributed by atoms with Crippen LogP contribution in [0.15, 0.2) is 0 Å². The SMILES string of the molecule is CC(C)NCCCC(=O)N(CCCO)C(C)C. The Balaban J connectivity index is 3.89. The van der Waals surface area contributed by atoms with Crippen LogP contribution in [-0.2, 0) is 4.79 Å². The van der Waals surface area contributed by atoms with Crippen molar-refractivity contribution in [2.75, 3.05) is 19.7 Å². The van der Waals surface area contributed by atoms with Crippen molar-refractivity contribution in [2.45, 2.75) is 59.0 Å². The Hall–Kier alpha value is -0.610. The molecule has 0 saturated heterocycles. The number of hydrogen-bond acceptors (Lipinski definition) is 3. The molecule has 0 aliphatic heterocycles. The van der Waals surface area contributed by atoms with Crippen LogP contribution >= 0.6 is 0 Å². The van der Waals surface area contributed by atoms with E-state index in [2.05, 4.69) is 19.2 Å². The molecule has 0 aromatic rings. The third-order valence-electron chi connectivity index (χ3n) is 2.62. The van der Waals surface area contributed by atoms with Crippen LogP contribution in [0.25, 0.3) is 0 Å². The smallest absolute Gasteiger partial charge is 0.222 e. The molecule has 4 nitrogen and oxygen atoms in total. The van der Waals surface area contributed by atoms with Crippen molar-refractivity contribution < 1.29 is 9.90 Å². The summed E-state index contributed by atoms with van der Waals surface area (Å²) in [6.45, 7) is 9.92. The second-order valence-corrected chi connectivity index (χ2v) is 4.97. The zero-order valence-electron chi connectivity index (χ0n) is 11.7. The van der Waals surface area contributed by atoms with Gasteiger partial charge in [0.1, 0.15) is 0 Å². The molecule has 0 aliphatic carbocycles. The van der Waals surface area contributed by atoms with E-state index in [1.807, 2.05) is 18.7 Å². The monoisotopic (exact) mass is 244 g/mol. The maximum absolute atomic E-state index is 12.0. The molecule has 0 radical (unpaired) electrons. The summed E-state index contributed by atoms with van der Waals surface area (Å²) < 4.78 is 0. The zero-order valence-corrected chi connectivity index (χ0v) is 11.7. The first-order valence-corrected chi connectivity index (χ1v) is 6.62. The Labute approximate surface area is 105 Å². The first-order valence-electron chi connectivity index (χ1n) is 6.62. The highest BCUT2D eigenvalue weighted by Crippen LogP contribution is 2.04. The summed E-state index contributed by atoms with van der Waals surface area (Å²) >= 11 is 0. The van der Waals surface area contributed by atoms with Gasteiger partial charge in [0.05, 0.1) is 0 Å². The summed E-state index contributed by atoms with van der Waals surface area (Å²) in [4.78, 5) is 13.8. The van der Waals surface area contributed by atoms with Crippen LogP contribution in [0.1, 0.15) is 47.0 Å². The molecule has 0 aliphatic rings. The van der Waals surface area contributed by atoms with Crippen LogP contribution in [0.3, 0.4) is 0 Å². The lowest BCUT2D eigenvalue weighted by Gasteiger charge is -2.26. The Morgan fingerprint density at radius 1 is 1.24 bits per heavy atom. The lowest BCUT2D eigenvalue weighted by atomic mass is 10.2. The van der Waals surface area contributed by atoms with Gasteiger partial charge in [-0.1, -0.05) is 13.8 Å². The molecule has 2 N–H and O–H groups in total. The largest absolute Gasteiger partial charge is 0.396 e. The van der Waals surface area contributed by atoms with Crippen molar-refractivity contribution in [3.63, 3.8) is 0 Å². The maximum atomic E-state index is 12.0. The van der Waals surface area contributed by atoms with Gasteiger partial charge >= 0.3 is 0 Å².